The fraction of sp³-hybridized carbons (Fsp3) is 0.300. The predicted octanol–water partition coefficient (Wildman–Crippen LogP) is 3.58. The maximum Gasteiger partial charge on any atom is 0.238 e. The van der Waals surface area contributed by atoms with Gasteiger partial charge in [0, 0.05) is 11.8 Å². The summed E-state index contributed by atoms with van der Waals surface area (Å²) >= 11 is 0. The first kappa shape index (κ1) is 17.2. The standard InChI is InChI=1S/C20H24N4O/c1-4-17-20(15-7-5-14(6-8-15)13(2)3)23-18-10-9-16(12-24(17)18)22-19(25)11-21/h5-10,12-13H,4,11,21H2,1-3H3,(H,22,25). The van der Waals surface area contributed by atoms with Crippen molar-refractivity contribution >= 4 is 17.2 Å². The van der Waals surface area contributed by atoms with Gasteiger partial charge in [0.25, 0.3) is 0 Å². The number of rotatable bonds is 5. The molecule has 0 bridgehead atoms. The van der Waals surface area contributed by atoms with E-state index in [2.05, 4.69) is 50.4 Å². The fourth-order valence-corrected chi connectivity index (χ4v) is 2.97. The lowest BCUT2D eigenvalue weighted by Gasteiger charge is -2.08. The molecule has 0 saturated carbocycles. The monoisotopic (exact) mass is 336 g/mol. The van der Waals surface area contributed by atoms with Crippen LogP contribution in [0.15, 0.2) is 42.6 Å². The average molecular weight is 336 g/mol. The van der Waals surface area contributed by atoms with Crippen LogP contribution in [0.4, 0.5) is 5.69 Å². The summed E-state index contributed by atoms with van der Waals surface area (Å²) in [5.74, 6) is 0.302. The molecule has 0 radical (unpaired) electrons. The molecule has 0 spiro atoms. The van der Waals surface area contributed by atoms with Crippen molar-refractivity contribution in [2.24, 2.45) is 5.73 Å². The number of carbonyl (C=O) groups is 1. The fourth-order valence-electron chi connectivity index (χ4n) is 2.97. The van der Waals surface area contributed by atoms with Gasteiger partial charge in [0.2, 0.25) is 5.91 Å². The van der Waals surface area contributed by atoms with Crippen LogP contribution in [-0.4, -0.2) is 21.8 Å². The average Bonchev–Trinajstić information content (AvgIpc) is 2.99. The number of carbonyl (C=O) groups excluding carboxylic acids is 1. The van der Waals surface area contributed by atoms with Crippen molar-refractivity contribution in [3.63, 3.8) is 0 Å². The lowest BCUT2D eigenvalue weighted by molar-refractivity contribution is -0.114. The molecule has 2 aromatic heterocycles. The normalized spacial score (nSPS) is 11.2. The molecular formula is C20H24N4O. The Labute approximate surface area is 147 Å². The van der Waals surface area contributed by atoms with Crippen LogP contribution in [-0.2, 0) is 11.2 Å². The first-order valence-corrected chi connectivity index (χ1v) is 8.64. The zero-order chi connectivity index (χ0) is 18.0. The lowest BCUT2D eigenvalue weighted by atomic mass is 10.00. The minimum absolute atomic E-state index is 0.0317. The molecule has 0 atom stereocenters. The number of pyridine rings is 1. The number of aromatic nitrogens is 2. The minimum Gasteiger partial charge on any atom is -0.324 e. The molecule has 3 aromatic rings. The molecule has 2 heterocycles. The summed E-state index contributed by atoms with van der Waals surface area (Å²) in [6, 6.07) is 12.4. The van der Waals surface area contributed by atoms with E-state index in [4.69, 9.17) is 10.7 Å². The Morgan fingerprint density at radius 2 is 1.92 bits per heavy atom. The third kappa shape index (κ3) is 3.42. The van der Waals surface area contributed by atoms with Gasteiger partial charge in [-0.05, 0) is 30.0 Å². The van der Waals surface area contributed by atoms with Crippen molar-refractivity contribution in [1.82, 2.24) is 9.38 Å². The van der Waals surface area contributed by atoms with Crippen molar-refractivity contribution in [1.29, 1.82) is 0 Å². The smallest absolute Gasteiger partial charge is 0.238 e. The Balaban J connectivity index is 2.05. The van der Waals surface area contributed by atoms with Gasteiger partial charge in [0.05, 0.1) is 23.6 Å². The molecule has 1 amide bonds. The van der Waals surface area contributed by atoms with E-state index in [1.54, 1.807) is 0 Å². The highest BCUT2D eigenvalue weighted by Gasteiger charge is 2.13. The van der Waals surface area contributed by atoms with Crippen LogP contribution in [0, 0.1) is 0 Å². The summed E-state index contributed by atoms with van der Waals surface area (Å²) in [4.78, 5) is 16.3. The van der Waals surface area contributed by atoms with Crippen LogP contribution in [0.3, 0.4) is 0 Å². The molecule has 1 aromatic carbocycles. The minimum atomic E-state index is -0.206. The Bertz CT molecular complexity index is 894. The van der Waals surface area contributed by atoms with Gasteiger partial charge in [-0.2, -0.15) is 0 Å². The van der Waals surface area contributed by atoms with Crippen molar-refractivity contribution < 1.29 is 4.79 Å². The van der Waals surface area contributed by atoms with Gasteiger partial charge in [-0.15, -0.1) is 0 Å². The van der Waals surface area contributed by atoms with Crippen molar-refractivity contribution in [2.75, 3.05) is 11.9 Å². The predicted molar refractivity (Wildman–Crippen MR) is 102 cm³/mol. The second-order valence-corrected chi connectivity index (χ2v) is 6.44. The van der Waals surface area contributed by atoms with Crippen molar-refractivity contribution in [3.05, 3.63) is 53.9 Å². The van der Waals surface area contributed by atoms with Gasteiger partial charge in [-0.25, -0.2) is 4.98 Å². The molecule has 3 N–H and O–H groups in total. The van der Waals surface area contributed by atoms with Gasteiger partial charge < -0.3 is 15.5 Å². The quantitative estimate of drug-likeness (QED) is 0.748. The summed E-state index contributed by atoms with van der Waals surface area (Å²) in [5, 5.41) is 2.79. The number of nitrogens with zero attached hydrogens (tertiary/aromatic N) is 2. The largest absolute Gasteiger partial charge is 0.324 e. The first-order valence-electron chi connectivity index (χ1n) is 8.64. The Morgan fingerprint density at radius 1 is 1.20 bits per heavy atom. The molecule has 25 heavy (non-hydrogen) atoms. The molecule has 3 rings (SSSR count). The molecule has 0 aliphatic carbocycles. The highest BCUT2D eigenvalue weighted by Crippen LogP contribution is 2.27. The Morgan fingerprint density at radius 3 is 2.52 bits per heavy atom. The summed E-state index contributed by atoms with van der Waals surface area (Å²) in [6.45, 7) is 6.46. The van der Waals surface area contributed by atoms with Crippen molar-refractivity contribution in [2.45, 2.75) is 33.1 Å². The molecule has 130 valence electrons. The number of amides is 1. The second-order valence-electron chi connectivity index (χ2n) is 6.44. The van der Waals surface area contributed by atoms with Crippen LogP contribution in [0.1, 0.15) is 37.9 Å². The number of benzene rings is 1. The van der Waals surface area contributed by atoms with Crippen LogP contribution in [0.25, 0.3) is 16.9 Å². The van der Waals surface area contributed by atoms with Gasteiger partial charge in [0.1, 0.15) is 5.65 Å². The number of fused-ring (bicyclic) bond motifs is 1. The van der Waals surface area contributed by atoms with Crippen LogP contribution in [0.2, 0.25) is 0 Å². The zero-order valence-corrected chi connectivity index (χ0v) is 14.9. The number of anilines is 1. The SMILES string of the molecule is CCc1c(-c2ccc(C(C)C)cc2)nc2ccc(NC(=O)CN)cn12. The summed E-state index contributed by atoms with van der Waals surface area (Å²) < 4.78 is 2.04. The summed E-state index contributed by atoms with van der Waals surface area (Å²) in [7, 11) is 0. The summed E-state index contributed by atoms with van der Waals surface area (Å²) in [5.41, 5.74) is 11.5. The van der Waals surface area contributed by atoms with Crippen LogP contribution < -0.4 is 11.1 Å². The van der Waals surface area contributed by atoms with Crippen molar-refractivity contribution in [3.8, 4) is 11.3 Å². The molecular weight excluding hydrogens is 312 g/mol. The van der Waals surface area contributed by atoms with Crippen LogP contribution >= 0.6 is 0 Å². The molecule has 5 nitrogen and oxygen atoms in total. The molecule has 0 unspecified atom stereocenters. The zero-order valence-electron chi connectivity index (χ0n) is 14.9. The maximum atomic E-state index is 11.5. The second kappa shape index (κ2) is 7.07. The third-order valence-electron chi connectivity index (χ3n) is 4.37. The number of nitrogens with two attached hydrogens (primary N) is 1. The number of hydrogen-bond acceptors (Lipinski definition) is 3. The van der Waals surface area contributed by atoms with Gasteiger partial charge in [-0.3, -0.25) is 4.79 Å². The van der Waals surface area contributed by atoms with E-state index in [0.29, 0.717) is 5.92 Å². The van der Waals surface area contributed by atoms with Crippen LogP contribution in [0.5, 0.6) is 0 Å². The highest BCUT2D eigenvalue weighted by molar-refractivity contribution is 5.92. The van der Waals surface area contributed by atoms with E-state index >= 15 is 0 Å². The summed E-state index contributed by atoms with van der Waals surface area (Å²) in [6.07, 6.45) is 2.75. The van der Waals surface area contributed by atoms with E-state index in [9.17, 15) is 4.79 Å². The molecule has 5 heteroatoms. The lowest BCUT2D eigenvalue weighted by Crippen LogP contribution is -2.21. The van der Waals surface area contributed by atoms with E-state index in [-0.39, 0.29) is 12.5 Å². The van der Waals surface area contributed by atoms with E-state index < -0.39 is 0 Å². The first-order chi connectivity index (χ1) is 12.0. The Kier molecular flexibility index (Phi) is 4.86. The van der Waals surface area contributed by atoms with E-state index in [1.807, 2.05) is 22.7 Å². The molecule has 0 aliphatic heterocycles. The number of nitrogens with one attached hydrogen (secondary N) is 1. The number of hydrogen-bond donors (Lipinski definition) is 2. The van der Waals surface area contributed by atoms with E-state index in [1.165, 1.54) is 5.56 Å². The molecule has 0 fully saturated rings. The number of imidazole rings is 1. The molecule has 0 saturated heterocycles. The number of aryl methyl sites for hydroxylation is 1. The topological polar surface area (TPSA) is 72.4 Å². The third-order valence-corrected chi connectivity index (χ3v) is 4.37. The Hall–Kier alpha value is -2.66. The van der Waals surface area contributed by atoms with Gasteiger partial charge in [0.15, 0.2) is 0 Å². The molecule has 0 aliphatic rings. The van der Waals surface area contributed by atoms with Gasteiger partial charge in [-0.1, -0.05) is 45.0 Å². The maximum absolute atomic E-state index is 11.5. The van der Waals surface area contributed by atoms with E-state index in [0.717, 1.165) is 34.7 Å². The van der Waals surface area contributed by atoms with Gasteiger partial charge >= 0.3 is 0 Å². The highest BCUT2D eigenvalue weighted by atomic mass is 16.1.